The minimum absolute atomic E-state index is 0.0254. The molecule has 0 saturated carbocycles. The summed E-state index contributed by atoms with van der Waals surface area (Å²) >= 11 is 0. The maximum atomic E-state index is 11.3. The SMILES string of the molecule is O=C(NC[C@H](O)CO)OCCc1c[nH]c2ccccc12. The van der Waals surface area contributed by atoms with Gasteiger partial charge in [0, 0.05) is 30.1 Å². The molecule has 0 unspecified atom stereocenters. The molecule has 0 saturated heterocycles. The highest BCUT2D eigenvalue weighted by Crippen LogP contribution is 2.17. The second-order valence-electron chi connectivity index (χ2n) is 4.46. The molecular weight excluding hydrogens is 260 g/mol. The lowest BCUT2D eigenvalue weighted by Crippen LogP contribution is -2.34. The normalized spacial score (nSPS) is 12.3. The van der Waals surface area contributed by atoms with Crippen molar-refractivity contribution in [3.05, 3.63) is 36.0 Å². The molecule has 0 radical (unpaired) electrons. The second-order valence-corrected chi connectivity index (χ2v) is 4.46. The summed E-state index contributed by atoms with van der Waals surface area (Å²) < 4.78 is 5.00. The van der Waals surface area contributed by atoms with Crippen LogP contribution in [0.4, 0.5) is 4.79 Å². The van der Waals surface area contributed by atoms with Crippen LogP contribution in [0.2, 0.25) is 0 Å². The summed E-state index contributed by atoms with van der Waals surface area (Å²) in [7, 11) is 0. The van der Waals surface area contributed by atoms with E-state index < -0.39 is 18.8 Å². The molecule has 1 aromatic heterocycles. The van der Waals surface area contributed by atoms with E-state index in [0.29, 0.717) is 6.42 Å². The lowest BCUT2D eigenvalue weighted by atomic mass is 10.1. The molecule has 0 aliphatic heterocycles. The molecule has 20 heavy (non-hydrogen) atoms. The molecular formula is C14H18N2O4. The first-order chi connectivity index (χ1) is 9.70. The molecule has 2 rings (SSSR count). The number of nitrogens with one attached hydrogen (secondary N) is 2. The van der Waals surface area contributed by atoms with Gasteiger partial charge in [0.15, 0.2) is 0 Å². The Labute approximate surface area is 116 Å². The van der Waals surface area contributed by atoms with Crippen LogP contribution in [0, 0.1) is 0 Å². The van der Waals surface area contributed by atoms with Gasteiger partial charge in [-0.25, -0.2) is 4.79 Å². The Kier molecular flexibility index (Phi) is 4.97. The molecule has 4 N–H and O–H groups in total. The number of para-hydroxylation sites is 1. The molecule has 1 aromatic carbocycles. The number of aliphatic hydroxyl groups is 2. The van der Waals surface area contributed by atoms with E-state index in [9.17, 15) is 4.79 Å². The minimum Gasteiger partial charge on any atom is -0.449 e. The number of aliphatic hydroxyl groups excluding tert-OH is 2. The number of hydrogen-bond donors (Lipinski definition) is 4. The predicted molar refractivity (Wildman–Crippen MR) is 74.4 cm³/mol. The van der Waals surface area contributed by atoms with Crippen molar-refractivity contribution >= 4 is 17.0 Å². The fraction of sp³-hybridized carbons (Fsp3) is 0.357. The summed E-state index contributed by atoms with van der Waals surface area (Å²) in [5, 5.41) is 21.2. The maximum absolute atomic E-state index is 11.3. The van der Waals surface area contributed by atoms with Gasteiger partial charge in [-0.3, -0.25) is 0 Å². The zero-order valence-electron chi connectivity index (χ0n) is 11.0. The molecule has 0 aliphatic carbocycles. The number of amides is 1. The van der Waals surface area contributed by atoms with Gasteiger partial charge in [-0.15, -0.1) is 0 Å². The zero-order valence-corrected chi connectivity index (χ0v) is 11.0. The summed E-state index contributed by atoms with van der Waals surface area (Å²) in [6.07, 6.45) is 0.954. The number of rotatable bonds is 6. The Morgan fingerprint density at radius 2 is 2.20 bits per heavy atom. The molecule has 0 aliphatic rings. The number of aromatic nitrogens is 1. The number of carbonyl (C=O) groups excluding carboxylic acids is 1. The Bertz CT molecular complexity index is 567. The number of fused-ring (bicyclic) bond motifs is 1. The van der Waals surface area contributed by atoms with E-state index in [1.54, 1.807) is 0 Å². The minimum atomic E-state index is -0.962. The third-order valence-corrected chi connectivity index (χ3v) is 2.97. The van der Waals surface area contributed by atoms with Crippen molar-refractivity contribution in [2.45, 2.75) is 12.5 Å². The fourth-order valence-electron chi connectivity index (χ4n) is 1.91. The van der Waals surface area contributed by atoms with Gasteiger partial charge in [0.2, 0.25) is 0 Å². The fourth-order valence-corrected chi connectivity index (χ4v) is 1.91. The first kappa shape index (κ1) is 14.4. The number of aromatic amines is 1. The van der Waals surface area contributed by atoms with Gasteiger partial charge in [0.05, 0.1) is 19.3 Å². The Balaban J connectivity index is 1.77. The third kappa shape index (κ3) is 3.72. The van der Waals surface area contributed by atoms with E-state index in [4.69, 9.17) is 14.9 Å². The van der Waals surface area contributed by atoms with E-state index in [-0.39, 0.29) is 13.2 Å². The molecule has 1 heterocycles. The largest absolute Gasteiger partial charge is 0.449 e. The molecule has 6 nitrogen and oxygen atoms in total. The van der Waals surface area contributed by atoms with Crippen LogP contribution >= 0.6 is 0 Å². The Hall–Kier alpha value is -2.05. The van der Waals surface area contributed by atoms with Crippen molar-refractivity contribution in [3.63, 3.8) is 0 Å². The summed E-state index contributed by atoms with van der Waals surface area (Å²) in [4.78, 5) is 14.5. The van der Waals surface area contributed by atoms with Gasteiger partial charge in [0.1, 0.15) is 0 Å². The average Bonchev–Trinajstić information content (AvgIpc) is 2.88. The molecule has 108 valence electrons. The van der Waals surface area contributed by atoms with E-state index >= 15 is 0 Å². The zero-order chi connectivity index (χ0) is 14.4. The lowest BCUT2D eigenvalue weighted by Gasteiger charge is -2.09. The number of H-pyrrole nitrogens is 1. The first-order valence-corrected chi connectivity index (χ1v) is 6.45. The standard InChI is InChI=1S/C14H18N2O4/c17-9-11(18)8-16-14(19)20-6-5-10-7-15-13-4-2-1-3-12(10)13/h1-4,7,11,15,17-18H,5-6,8-9H2,(H,16,19)/t11-/m0/s1. The highest BCUT2D eigenvalue weighted by atomic mass is 16.5. The molecule has 0 spiro atoms. The monoisotopic (exact) mass is 278 g/mol. The van der Waals surface area contributed by atoms with Crippen molar-refractivity contribution < 1.29 is 19.7 Å². The van der Waals surface area contributed by atoms with Crippen LogP contribution in [0.5, 0.6) is 0 Å². The van der Waals surface area contributed by atoms with Crippen molar-refractivity contribution in [1.29, 1.82) is 0 Å². The smallest absolute Gasteiger partial charge is 0.407 e. The van der Waals surface area contributed by atoms with Crippen LogP contribution in [0.15, 0.2) is 30.5 Å². The van der Waals surface area contributed by atoms with E-state index in [0.717, 1.165) is 16.5 Å². The van der Waals surface area contributed by atoms with Crippen LogP contribution in [-0.2, 0) is 11.2 Å². The molecule has 0 fully saturated rings. The van der Waals surface area contributed by atoms with Gasteiger partial charge >= 0.3 is 6.09 Å². The summed E-state index contributed by atoms with van der Waals surface area (Å²) in [5.41, 5.74) is 2.14. The predicted octanol–water partition coefficient (Wildman–Crippen LogP) is 0.790. The van der Waals surface area contributed by atoms with Crippen LogP contribution in [0.1, 0.15) is 5.56 Å². The molecule has 1 amide bonds. The molecule has 2 aromatic rings. The van der Waals surface area contributed by atoms with Gasteiger partial charge in [0.25, 0.3) is 0 Å². The molecule has 6 heteroatoms. The van der Waals surface area contributed by atoms with Crippen molar-refractivity contribution in [1.82, 2.24) is 10.3 Å². The van der Waals surface area contributed by atoms with E-state index in [1.165, 1.54) is 0 Å². The van der Waals surface area contributed by atoms with Gasteiger partial charge in [-0.2, -0.15) is 0 Å². The third-order valence-electron chi connectivity index (χ3n) is 2.97. The van der Waals surface area contributed by atoms with Crippen molar-refractivity contribution in [2.75, 3.05) is 19.8 Å². The van der Waals surface area contributed by atoms with E-state index in [1.807, 2.05) is 30.5 Å². The maximum Gasteiger partial charge on any atom is 0.407 e. The lowest BCUT2D eigenvalue weighted by molar-refractivity contribution is 0.0888. The van der Waals surface area contributed by atoms with Gasteiger partial charge in [-0.05, 0) is 11.6 Å². The van der Waals surface area contributed by atoms with Gasteiger partial charge < -0.3 is 25.3 Å². The quantitative estimate of drug-likeness (QED) is 0.628. The van der Waals surface area contributed by atoms with Crippen molar-refractivity contribution in [3.8, 4) is 0 Å². The van der Waals surface area contributed by atoms with E-state index in [2.05, 4.69) is 10.3 Å². The van der Waals surface area contributed by atoms with Crippen molar-refractivity contribution in [2.24, 2.45) is 0 Å². The number of alkyl carbamates (subject to hydrolysis) is 1. The topological polar surface area (TPSA) is 94.6 Å². The van der Waals surface area contributed by atoms with Crippen LogP contribution in [0.3, 0.4) is 0 Å². The summed E-state index contributed by atoms with van der Waals surface area (Å²) in [6, 6.07) is 7.92. The summed E-state index contributed by atoms with van der Waals surface area (Å²) in [6.45, 7) is -0.166. The Morgan fingerprint density at radius 3 is 3.00 bits per heavy atom. The number of benzene rings is 1. The highest BCUT2D eigenvalue weighted by Gasteiger charge is 2.07. The van der Waals surface area contributed by atoms with Crippen LogP contribution < -0.4 is 5.32 Å². The van der Waals surface area contributed by atoms with Gasteiger partial charge in [-0.1, -0.05) is 18.2 Å². The Morgan fingerprint density at radius 1 is 1.40 bits per heavy atom. The van der Waals surface area contributed by atoms with Crippen LogP contribution in [-0.4, -0.2) is 47.2 Å². The van der Waals surface area contributed by atoms with Crippen LogP contribution in [0.25, 0.3) is 10.9 Å². The molecule has 1 atom stereocenters. The number of hydrogen-bond acceptors (Lipinski definition) is 4. The summed E-state index contributed by atoms with van der Waals surface area (Å²) in [5.74, 6) is 0. The highest BCUT2D eigenvalue weighted by molar-refractivity contribution is 5.83. The number of carbonyl (C=O) groups is 1. The number of ether oxygens (including phenoxy) is 1. The molecule has 0 bridgehead atoms. The average molecular weight is 278 g/mol. The second kappa shape index (κ2) is 6.93. The first-order valence-electron chi connectivity index (χ1n) is 6.45.